The summed E-state index contributed by atoms with van der Waals surface area (Å²) in [6, 6.07) is 8.36. The zero-order valence-electron chi connectivity index (χ0n) is 9.66. The Bertz CT molecular complexity index is 314. The molecule has 16 heavy (non-hydrogen) atoms. The number of halogens is 1. The molecule has 0 heterocycles. The Kier molecular flexibility index (Phi) is 4.25. The van der Waals surface area contributed by atoms with Gasteiger partial charge in [0.05, 0.1) is 0 Å². The summed E-state index contributed by atoms with van der Waals surface area (Å²) < 4.78 is 0. The van der Waals surface area contributed by atoms with Crippen molar-refractivity contribution < 1.29 is 0 Å². The molecule has 1 aliphatic carbocycles. The summed E-state index contributed by atoms with van der Waals surface area (Å²) in [5, 5.41) is 0.799. The maximum Gasteiger partial charge on any atom is 0.0406 e. The summed E-state index contributed by atoms with van der Waals surface area (Å²) in [5.74, 6) is 0.877. The molecule has 2 N–H and O–H groups in total. The molecule has 1 aromatic rings. The minimum Gasteiger partial charge on any atom is -0.327 e. The first-order chi connectivity index (χ1) is 7.74. The lowest BCUT2D eigenvalue weighted by atomic mass is 9.95. The lowest BCUT2D eigenvalue weighted by Gasteiger charge is -2.16. The van der Waals surface area contributed by atoms with Crippen LogP contribution in [-0.4, -0.2) is 6.04 Å². The summed E-state index contributed by atoms with van der Waals surface area (Å²) >= 11 is 5.85. The van der Waals surface area contributed by atoms with E-state index < -0.39 is 0 Å². The van der Waals surface area contributed by atoms with Crippen LogP contribution in [0.25, 0.3) is 0 Å². The van der Waals surface area contributed by atoms with E-state index in [1.54, 1.807) is 0 Å². The largest absolute Gasteiger partial charge is 0.327 e. The van der Waals surface area contributed by atoms with Crippen LogP contribution in [0.2, 0.25) is 5.02 Å². The third kappa shape index (κ3) is 3.50. The van der Waals surface area contributed by atoms with Crippen molar-refractivity contribution in [3.05, 3.63) is 34.9 Å². The van der Waals surface area contributed by atoms with Crippen LogP contribution in [0.5, 0.6) is 0 Å². The van der Waals surface area contributed by atoms with Crippen molar-refractivity contribution in [2.24, 2.45) is 11.7 Å². The van der Waals surface area contributed by atoms with E-state index in [-0.39, 0.29) is 0 Å². The molecule has 88 valence electrons. The van der Waals surface area contributed by atoms with Gasteiger partial charge in [0, 0.05) is 11.1 Å². The van der Waals surface area contributed by atoms with E-state index in [1.807, 2.05) is 12.1 Å². The van der Waals surface area contributed by atoms with Crippen molar-refractivity contribution in [2.75, 3.05) is 0 Å². The Hall–Kier alpha value is -0.530. The molecule has 1 aliphatic rings. The van der Waals surface area contributed by atoms with Gasteiger partial charge in [-0.2, -0.15) is 0 Å². The van der Waals surface area contributed by atoms with Gasteiger partial charge in [0.25, 0.3) is 0 Å². The second-order valence-corrected chi connectivity index (χ2v) is 5.41. The third-order valence-electron chi connectivity index (χ3n) is 3.52. The smallest absolute Gasteiger partial charge is 0.0406 e. The van der Waals surface area contributed by atoms with Crippen molar-refractivity contribution in [3.8, 4) is 0 Å². The normalized spacial score (nSPS) is 18.9. The minimum atomic E-state index is 0.310. The molecule has 1 nitrogen and oxygen atoms in total. The van der Waals surface area contributed by atoms with E-state index in [0.717, 1.165) is 17.4 Å². The average molecular weight is 238 g/mol. The van der Waals surface area contributed by atoms with E-state index in [2.05, 4.69) is 12.1 Å². The Morgan fingerprint density at radius 3 is 2.44 bits per heavy atom. The molecule has 1 fully saturated rings. The second kappa shape index (κ2) is 5.70. The molecular weight excluding hydrogens is 218 g/mol. The SMILES string of the molecule is NC(Cc1ccc(Cl)cc1)CC1CCCC1. The summed E-state index contributed by atoms with van der Waals surface area (Å²) in [5.41, 5.74) is 7.49. The molecule has 0 amide bonds. The number of hydrogen-bond donors (Lipinski definition) is 1. The van der Waals surface area contributed by atoms with Gasteiger partial charge >= 0.3 is 0 Å². The lowest BCUT2D eigenvalue weighted by Crippen LogP contribution is -2.25. The van der Waals surface area contributed by atoms with Gasteiger partial charge in [0.2, 0.25) is 0 Å². The Labute approximate surface area is 103 Å². The average Bonchev–Trinajstić information content (AvgIpc) is 2.74. The molecule has 1 atom stereocenters. The maximum atomic E-state index is 6.19. The summed E-state index contributed by atoms with van der Waals surface area (Å²) in [6.45, 7) is 0. The van der Waals surface area contributed by atoms with Crippen molar-refractivity contribution >= 4 is 11.6 Å². The predicted molar refractivity (Wildman–Crippen MR) is 69.7 cm³/mol. The first-order valence-electron chi connectivity index (χ1n) is 6.24. The van der Waals surface area contributed by atoms with Crippen LogP contribution in [0.3, 0.4) is 0 Å². The van der Waals surface area contributed by atoms with Crippen LogP contribution < -0.4 is 5.73 Å². The number of rotatable bonds is 4. The van der Waals surface area contributed by atoms with Crippen LogP contribution in [-0.2, 0) is 6.42 Å². The van der Waals surface area contributed by atoms with Gasteiger partial charge in [0.1, 0.15) is 0 Å². The van der Waals surface area contributed by atoms with Gasteiger partial charge < -0.3 is 5.73 Å². The molecule has 1 saturated carbocycles. The highest BCUT2D eigenvalue weighted by atomic mass is 35.5. The van der Waals surface area contributed by atoms with Crippen molar-refractivity contribution in [1.82, 2.24) is 0 Å². The molecule has 2 heteroatoms. The Morgan fingerprint density at radius 2 is 1.81 bits per heavy atom. The first-order valence-corrected chi connectivity index (χ1v) is 6.62. The van der Waals surface area contributed by atoms with E-state index in [4.69, 9.17) is 17.3 Å². The third-order valence-corrected chi connectivity index (χ3v) is 3.77. The molecule has 0 aliphatic heterocycles. The summed E-state index contributed by atoms with van der Waals surface area (Å²) in [6.07, 6.45) is 7.73. The first kappa shape index (κ1) is 11.9. The second-order valence-electron chi connectivity index (χ2n) is 4.98. The van der Waals surface area contributed by atoms with Crippen LogP contribution in [0.1, 0.15) is 37.7 Å². The van der Waals surface area contributed by atoms with E-state index >= 15 is 0 Å². The zero-order chi connectivity index (χ0) is 11.4. The molecule has 0 bridgehead atoms. The molecule has 0 radical (unpaired) electrons. The van der Waals surface area contributed by atoms with Gasteiger partial charge in [-0.05, 0) is 36.5 Å². The highest BCUT2D eigenvalue weighted by Crippen LogP contribution is 2.28. The van der Waals surface area contributed by atoms with Gasteiger partial charge in [-0.15, -0.1) is 0 Å². The molecule has 0 spiro atoms. The van der Waals surface area contributed by atoms with Gasteiger partial charge in [-0.3, -0.25) is 0 Å². The van der Waals surface area contributed by atoms with Crippen molar-refractivity contribution in [3.63, 3.8) is 0 Å². The molecule has 0 aromatic heterocycles. The predicted octanol–water partition coefficient (Wildman–Crippen LogP) is 3.79. The monoisotopic (exact) mass is 237 g/mol. The van der Waals surface area contributed by atoms with Crippen LogP contribution in [0.4, 0.5) is 0 Å². The number of nitrogens with two attached hydrogens (primary N) is 1. The van der Waals surface area contributed by atoms with Gasteiger partial charge in [-0.25, -0.2) is 0 Å². The van der Waals surface area contributed by atoms with E-state index in [9.17, 15) is 0 Å². The highest BCUT2D eigenvalue weighted by Gasteiger charge is 2.18. The van der Waals surface area contributed by atoms with Crippen LogP contribution in [0, 0.1) is 5.92 Å². The quantitative estimate of drug-likeness (QED) is 0.847. The number of hydrogen-bond acceptors (Lipinski definition) is 1. The van der Waals surface area contributed by atoms with Gasteiger partial charge in [-0.1, -0.05) is 49.4 Å². The molecule has 0 saturated heterocycles. The topological polar surface area (TPSA) is 26.0 Å². The Balaban J connectivity index is 1.81. The van der Waals surface area contributed by atoms with Crippen molar-refractivity contribution in [2.45, 2.75) is 44.6 Å². The lowest BCUT2D eigenvalue weighted by molar-refractivity contribution is 0.440. The standard InChI is InChI=1S/C14H20ClN/c15-13-7-5-12(6-8-13)10-14(16)9-11-3-1-2-4-11/h5-8,11,14H,1-4,9-10,16H2. The maximum absolute atomic E-state index is 6.19. The molecule has 1 unspecified atom stereocenters. The fourth-order valence-electron chi connectivity index (χ4n) is 2.68. The fraction of sp³-hybridized carbons (Fsp3) is 0.571. The molecular formula is C14H20ClN. The minimum absolute atomic E-state index is 0.310. The summed E-state index contributed by atoms with van der Waals surface area (Å²) in [7, 11) is 0. The summed E-state index contributed by atoms with van der Waals surface area (Å²) in [4.78, 5) is 0. The van der Waals surface area contributed by atoms with E-state index in [0.29, 0.717) is 6.04 Å². The van der Waals surface area contributed by atoms with Crippen LogP contribution >= 0.6 is 11.6 Å². The molecule has 2 rings (SSSR count). The zero-order valence-corrected chi connectivity index (χ0v) is 10.4. The fourth-order valence-corrected chi connectivity index (χ4v) is 2.81. The van der Waals surface area contributed by atoms with Crippen LogP contribution in [0.15, 0.2) is 24.3 Å². The van der Waals surface area contributed by atoms with E-state index in [1.165, 1.54) is 37.7 Å². The van der Waals surface area contributed by atoms with Gasteiger partial charge in [0.15, 0.2) is 0 Å². The number of benzene rings is 1. The highest BCUT2D eigenvalue weighted by molar-refractivity contribution is 6.30. The Morgan fingerprint density at radius 1 is 1.19 bits per heavy atom. The van der Waals surface area contributed by atoms with Crippen molar-refractivity contribution in [1.29, 1.82) is 0 Å². The molecule has 1 aromatic carbocycles.